The van der Waals surface area contributed by atoms with Gasteiger partial charge in [-0.05, 0) is 59.8 Å². The summed E-state index contributed by atoms with van der Waals surface area (Å²) in [6, 6.07) is 14.9. The van der Waals surface area contributed by atoms with Gasteiger partial charge in [0.25, 0.3) is 5.91 Å². The maximum Gasteiger partial charge on any atom is 0.416 e. The minimum absolute atomic E-state index is 0.0600. The van der Waals surface area contributed by atoms with Crippen LogP contribution in [0.1, 0.15) is 22.3 Å². The van der Waals surface area contributed by atoms with Crippen molar-refractivity contribution in [3.8, 4) is 11.5 Å². The highest BCUT2D eigenvalue weighted by Gasteiger charge is 2.38. The van der Waals surface area contributed by atoms with Crippen LogP contribution in [0, 0.1) is 0 Å². The first kappa shape index (κ1) is 27.9. The molecule has 3 aromatic rings. The molecule has 0 aliphatic carbocycles. The molecule has 39 heavy (non-hydrogen) atoms. The van der Waals surface area contributed by atoms with Crippen molar-refractivity contribution in [1.82, 2.24) is 5.32 Å². The van der Waals surface area contributed by atoms with E-state index in [1.165, 1.54) is 25.3 Å². The van der Waals surface area contributed by atoms with Crippen LogP contribution in [-0.2, 0) is 23.8 Å². The number of halogens is 6. The van der Waals surface area contributed by atoms with Crippen LogP contribution in [0.4, 0.5) is 32.0 Å². The molecule has 4 rings (SSSR count). The fourth-order valence-electron chi connectivity index (χ4n) is 3.43. The summed E-state index contributed by atoms with van der Waals surface area (Å²) in [4.78, 5) is 16.9. The summed E-state index contributed by atoms with van der Waals surface area (Å²) in [6.45, 7) is -0.650. The molecule has 0 radical (unpaired) electrons. The Kier molecular flexibility index (Phi) is 8.08. The summed E-state index contributed by atoms with van der Waals surface area (Å²) in [5, 5.41) is 3.04. The number of thioether (sulfide) groups is 1. The maximum atomic E-state index is 13.4. The van der Waals surface area contributed by atoms with Crippen molar-refractivity contribution in [2.75, 3.05) is 7.11 Å². The van der Waals surface area contributed by atoms with Crippen LogP contribution < -0.4 is 14.8 Å². The molecule has 1 heterocycles. The van der Waals surface area contributed by atoms with Crippen LogP contribution in [0.2, 0.25) is 0 Å². The third-order valence-corrected chi connectivity index (χ3v) is 6.19. The number of alkyl halides is 6. The van der Waals surface area contributed by atoms with Gasteiger partial charge < -0.3 is 9.47 Å². The van der Waals surface area contributed by atoms with E-state index in [2.05, 4.69) is 16.0 Å². The Morgan fingerprint density at radius 1 is 0.949 bits per heavy atom. The number of benzene rings is 3. The number of nitrogens with zero attached hydrogens (tertiary/aromatic N) is 1. The highest BCUT2D eigenvalue weighted by atomic mass is 32.2. The van der Waals surface area contributed by atoms with Crippen LogP contribution in [0.15, 0.2) is 82.4 Å². The minimum Gasteiger partial charge on any atom is -0.493 e. The zero-order valence-electron chi connectivity index (χ0n) is 20.0. The molecule has 0 aromatic heterocycles. The Labute approximate surface area is 222 Å². The van der Waals surface area contributed by atoms with Crippen LogP contribution in [0.3, 0.4) is 0 Å². The van der Waals surface area contributed by atoms with E-state index in [4.69, 9.17) is 9.47 Å². The van der Waals surface area contributed by atoms with E-state index < -0.39 is 35.6 Å². The van der Waals surface area contributed by atoms with Crippen LogP contribution in [0.25, 0.3) is 6.08 Å². The molecule has 202 valence electrons. The van der Waals surface area contributed by atoms with Gasteiger partial charge in [-0.3, -0.25) is 10.1 Å². The standard InChI is InChI=1S/C27H18F6N2O3S/c1-37-22-13-16(8-12-23-24(36)35-25(39-23)34-19-5-3-2-4-6-19)7-11-21(22)38-15-17-9-10-18(26(28,29)30)14-20(17)27(31,32)33/h2-11,13-14H,15H2,1H3,(H,34,35,36). The van der Waals surface area contributed by atoms with Crippen molar-refractivity contribution < 1.29 is 40.6 Å². The molecule has 5 nitrogen and oxygen atoms in total. The molecule has 0 spiro atoms. The zero-order valence-corrected chi connectivity index (χ0v) is 20.8. The predicted octanol–water partition coefficient (Wildman–Crippen LogP) is 7.36. The van der Waals surface area contributed by atoms with Crippen molar-refractivity contribution in [2.24, 2.45) is 4.99 Å². The molecule has 1 aliphatic rings. The second-order valence-electron chi connectivity index (χ2n) is 7.99. The van der Waals surface area contributed by atoms with Gasteiger partial charge in [0.15, 0.2) is 16.7 Å². The second-order valence-corrected chi connectivity index (χ2v) is 8.99. The van der Waals surface area contributed by atoms with Gasteiger partial charge in [0.05, 0.1) is 23.9 Å². The number of para-hydroxylation sites is 1. The molecule has 1 saturated heterocycles. The number of carbonyl (C=O) groups excluding carboxylic acids is 1. The van der Waals surface area contributed by atoms with Crippen molar-refractivity contribution >= 4 is 34.6 Å². The summed E-state index contributed by atoms with van der Waals surface area (Å²) in [5.74, 6) is -0.152. The fourth-order valence-corrected chi connectivity index (χ4v) is 4.18. The zero-order chi connectivity index (χ0) is 28.2. The molecule has 1 N–H and O–H groups in total. The smallest absolute Gasteiger partial charge is 0.416 e. The Hall–Kier alpha value is -4.15. The Balaban J connectivity index is 1.52. The number of carbonyl (C=O) groups is 1. The molecule has 0 unspecified atom stereocenters. The van der Waals surface area contributed by atoms with Gasteiger partial charge in [-0.1, -0.05) is 36.1 Å². The molecule has 0 bridgehead atoms. The van der Waals surface area contributed by atoms with Crippen molar-refractivity contribution in [3.63, 3.8) is 0 Å². The summed E-state index contributed by atoms with van der Waals surface area (Å²) < 4.78 is 89.7. The number of methoxy groups -OCH3 is 1. The number of ether oxygens (including phenoxy) is 2. The third-order valence-electron chi connectivity index (χ3n) is 5.30. The average Bonchev–Trinajstić information content (AvgIpc) is 3.24. The minimum atomic E-state index is -5.01. The van der Waals surface area contributed by atoms with E-state index in [0.29, 0.717) is 22.5 Å². The quantitative estimate of drug-likeness (QED) is 0.193. The first-order chi connectivity index (χ1) is 18.4. The van der Waals surface area contributed by atoms with Crippen LogP contribution in [0.5, 0.6) is 11.5 Å². The van der Waals surface area contributed by atoms with Gasteiger partial charge in [0.1, 0.15) is 11.5 Å². The fraction of sp³-hybridized carbons (Fsp3) is 0.148. The normalized spacial score (nSPS) is 14.7. The average molecular weight is 565 g/mol. The van der Waals surface area contributed by atoms with Gasteiger partial charge in [-0.2, -0.15) is 26.3 Å². The summed E-state index contributed by atoms with van der Waals surface area (Å²) >= 11 is 1.10. The van der Waals surface area contributed by atoms with Crippen molar-refractivity contribution in [2.45, 2.75) is 19.0 Å². The van der Waals surface area contributed by atoms with Crippen LogP contribution >= 0.6 is 11.8 Å². The maximum absolute atomic E-state index is 13.4. The van der Waals surface area contributed by atoms with E-state index in [0.717, 1.165) is 17.8 Å². The van der Waals surface area contributed by atoms with Gasteiger partial charge in [0.2, 0.25) is 0 Å². The predicted molar refractivity (Wildman–Crippen MR) is 135 cm³/mol. The number of rotatable bonds is 6. The van der Waals surface area contributed by atoms with E-state index in [1.54, 1.807) is 18.2 Å². The number of nitrogens with one attached hydrogen (secondary N) is 1. The van der Waals surface area contributed by atoms with E-state index in [1.807, 2.05) is 18.2 Å². The molecule has 1 aliphatic heterocycles. The van der Waals surface area contributed by atoms with Crippen molar-refractivity contribution in [3.05, 3.63) is 99.6 Å². The molecule has 1 fully saturated rings. The second kappa shape index (κ2) is 11.3. The molecule has 3 aromatic carbocycles. The molecule has 1 amide bonds. The summed E-state index contributed by atoms with van der Waals surface area (Å²) in [7, 11) is 1.32. The molecular weight excluding hydrogens is 546 g/mol. The Morgan fingerprint density at radius 2 is 1.69 bits per heavy atom. The lowest BCUT2D eigenvalue weighted by Gasteiger charge is -2.17. The third kappa shape index (κ3) is 7.04. The van der Waals surface area contributed by atoms with E-state index in [9.17, 15) is 31.1 Å². The SMILES string of the molecule is COc1cc(C=C=C2SC(=Nc3ccccc3)NC2=O)ccc1OCc1ccc(C(F)(F)F)cc1C(F)(F)F. The van der Waals surface area contributed by atoms with Gasteiger partial charge in [-0.25, -0.2) is 4.99 Å². The van der Waals surface area contributed by atoms with E-state index >= 15 is 0 Å². The summed E-state index contributed by atoms with van der Waals surface area (Å²) in [6.07, 6.45) is -8.42. The molecular formula is C27H18F6N2O3S. The number of hydrogen-bond donors (Lipinski definition) is 1. The number of hydrogen-bond acceptors (Lipinski definition) is 5. The molecule has 12 heteroatoms. The number of amides is 1. The monoisotopic (exact) mass is 564 g/mol. The first-order valence-corrected chi connectivity index (χ1v) is 11.9. The lowest BCUT2D eigenvalue weighted by Crippen LogP contribution is -2.19. The van der Waals surface area contributed by atoms with Gasteiger partial charge in [-0.15, -0.1) is 0 Å². The van der Waals surface area contributed by atoms with E-state index in [-0.39, 0.29) is 28.4 Å². The Morgan fingerprint density at radius 3 is 2.36 bits per heavy atom. The topological polar surface area (TPSA) is 59.9 Å². The van der Waals surface area contributed by atoms with Gasteiger partial charge in [0, 0.05) is 5.56 Å². The molecule has 0 saturated carbocycles. The highest BCUT2D eigenvalue weighted by molar-refractivity contribution is 8.18. The Bertz CT molecular complexity index is 1480. The lowest BCUT2D eigenvalue weighted by molar-refractivity contribution is -0.143. The summed E-state index contributed by atoms with van der Waals surface area (Å²) in [5.41, 5.74) is 0.777. The number of amidine groups is 1. The number of aliphatic imine (C=N–C) groups is 1. The highest BCUT2D eigenvalue weighted by Crippen LogP contribution is 2.38. The lowest BCUT2D eigenvalue weighted by atomic mass is 10.0. The van der Waals surface area contributed by atoms with Crippen molar-refractivity contribution in [1.29, 1.82) is 0 Å². The van der Waals surface area contributed by atoms with Gasteiger partial charge >= 0.3 is 12.4 Å². The largest absolute Gasteiger partial charge is 0.493 e. The molecule has 0 atom stereocenters. The van der Waals surface area contributed by atoms with Crippen LogP contribution in [-0.4, -0.2) is 18.2 Å². The first-order valence-electron chi connectivity index (χ1n) is 11.1.